The van der Waals surface area contributed by atoms with Gasteiger partial charge in [0, 0.05) is 36.3 Å². The third-order valence-corrected chi connectivity index (χ3v) is 4.89. The fraction of sp³-hybridized carbons (Fsp3) is 0.136. The number of rotatable bonds is 5. The van der Waals surface area contributed by atoms with Gasteiger partial charge < -0.3 is 9.55 Å². The van der Waals surface area contributed by atoms with Gasteiger partial charge in [0.1, 0.15) is 11.2 Å². The number of pyridine rings is 1. The van der Waals surface area contributed by atoms with E-state index in [4.69, 9.17) is 16.9 Å². The van der Waals surface area contributed by atoms with Crippen molar-refractivity contribution in [2.45, 2.75) is 19.4 Å². The summed E-state index contributed by atoms with van der Waals surface area (Å²) in [5.41, 5.74) is 3.78. The molecule has 3 aromatic heterocycles. The molecule has 1 atom stereocenters. The molecule has 4 aromatic rings. The average Bonchev–Trinajstić information content (AvgIpc) is 3.16. The first-order valence-electron chi connectivity index (χ1n) is 9.23. The number of aryl methyl sites for hydroxylation is 1. The largest absolute Gasteiger partial charge is 0.329 e. The highest BCUT2D eigenvalue weighted by atomic mass is 35.5. The number of nitrogens with one attached hydrogen (secondary N) is 1. The Hall–Kier alpha value is -3.76. The number of aromatic amines is 1. The number of H-pyrrole nitrogens is 1. The van der Waals surface area contributed by atoms with E-state index in [0.717, 1.165) is 22.5 Å². The molecule has 3 heterocycles. The lowest BCUT2D eigenvalue weighted by molar-refractivity contribution is 0.609. The minimum absolute atomic E-state index is 0.218. The van der Waals surface area contributed by atoms with Gasteiger partial charge in [0.25, 0.3) is 0 Å². The van der Waals surface area contributed by atoms with Crippen LogP contribution in [0.5, 0.6) is 0 Å². The molecule has 0 aliphatic heterocycles. The molecule has 0 spiro atoms. The molecule has 1 N–H and O–H groups in total. The molecule has 0 bridgehead atoms. The van der Waals surface area contributed by atoms with Crippen molar-refractivity contribution in [2.75, 3.05) is 0 Å². The molecule has 0 amide bonds. The van der Waals surface area contributed by atoms with Crippen LogP contribution >= 0.6 is 11.6 Å². The van der Waals surface area contributed by atoms with Crippen LogP contribution in [0.15, 0.2) is 66.0 Å². The summed E-state index contributed by atoms with van der Waals surface area (Å²) < 4.78 is 1.94. The van der Waals surface area contributed by atoms with E-state index in [1.165, 1.54) is 6.07 Å². The van der Waals surface area contributed by atoms with Gasteiger partial charge >= 0.3 is 0 Å². The lowest BCUT2D eigenvalue weighted by Gasteiger charge is -2.21. The third kappa shape index (κ3) is 4.14. The Labute approximate surface area is 177 Å². The van der Waals surface area contributed by atoms with Crippen molar-refractivity contribution in [3.63, 3.8) is 0 Å². The Morgan fingerprint density at radius 2 is 2.00 bits per heavy atom. The Balaban J connectivity index is 1.81. The SMILES string of the molecule is Cc1cc(Cl)nc(C(c2cc[nH]c(=O)c2)n2cncc2Cc2ccc(C#N)cc2)n1. The van der Waals surface area contributed by atoms with Crippen molar-refractivity contribution in [2.24, 2.45) is 0 Å². The first-order chi connectivity index (χ1) is 14.5. The molecule has 148 valence electrons. The molecule has 8 heteroatoms. The smallest absolute Gasteiger partial charge is 0.248 e. The number of halogens is 1. The second-order valence-electron chi connectivity index (χ2n) is 6.86. The summed E-state index contributed by atoms with van der Waals surface area (Å²) in [4.78, 5) is 28.0. The number of imidazole rings is 1. The lowest BCUT2D eigenvalue weighted by Crippen LogP contribution is -2.19. The molecule has 0 aliphatic rings. The van der Waals surface area contributed by atoms with E-state index in [9.17, 15) is 4.79 Å². The molecule has 7 nitrogen and oxygen atoms in total. The topological polar surface area (TPSA) is 100 Å². The first-order valence-corrected chi connectivity index (χ1v) is 9.61. The van der Waals surface area contributed by atoms with Gasteiger partial charge in [-0.2, -0.15) is 5.26 Å². The van der Waals surface area contributed by atoms with E-state index in [2.05, 4.69) is 26.0 Å². The second kappa shape index (κ2) is 8.31. The number of hydrogen-bond donors (Lipinski definition) is 1. The highest BCUT2D eigenvalue weighted by Crippen LogP contribution is 2.27. The van der Waals surface area contributed by atoms with Gasteiger partial charge in [0.15, 0.2) is 5.82 Å². The van der Waals surface area contributed by atoms with Crippen LogP contribution in [0.2, 0.25) is 5.15 Å². The summed E-state index contributed by atoms with van der Waals surface area (Å²) in [7, 11) is 0. The van der Waals surface area contributed by atoms with E-state index < -0.39 is 6.04 Å². The average molecular weight is 417 g/mol. The molecule has 0 fully saturated rings. The summed E-state index contributed by atoms with van der Waals surface area (Å²) in [6, 6.07) is 14.1. The minimum Gasteiger partial charge on any atom is -0.329 e. The maximum Gasteiger partial charge on any atom is 0.248 e. The predicted octanol–water partition coefficient (Wildman–Crippen LogP) is 3.42. The first kappa shape index (κ1) is 19.6. The number of aromatic nitrogens is 5. The van der Waals surface area contributed by atoms with Crippen molar-refractivity contribution in [1.29, 1.82) is 5.26 Å². The van der Waals surface area contributed by atoms with E-state index in [1.54, 1.807) is 36.9 Å². The monoisotopic (exact) mass is 416 g/mol. The van der Waals surface area contributed by atoms with Gasteiger partial charge in [-0.1, -0.05) is 23.7 Å². The van der Waals surface area contributed by atoms with Gasteiger partial charge in [-0.3, -0.25) is 4.79 Å². The molecular weight excluding hydrogens is 400 g/mol. The van der Waals surface area contributed by atoms with Crippen molar-refractivity contribution in [3.8, 4) is 6.07 Å². The highest BCUT2D eigenvalue weighted by Gasteiger charge is 2.23. The normalized spacial score (nSPS) is 11.8. The zero-order valence-electron chi connectivity index (χ0n) is 16.1. The number of nitrogens with zero attached hydrogens (tertiary/aromatic N) is 5. The zero-order valence-corrected chi connectivity index (χ0v) is 16.8. The summed E-state index contributed by atoms with van der Waals surface area (Å²) in [6.45, 7) is 1.84. The van der Waals surface area contributed by atoms with Crippen LogP contribution in [-0.4, -0.2) is 24.5 Å². The fourth-order valence-corrected chi connectivity index (χ4v) is 3.59. The molecule has 1 aromatic carbocycles. The summed E-state index contributed by atoms with van der Waals surface area (Å²) in [5, 5.41) is 9.34. The molecular formula is C22H17ClN6O. The Kier molecular flexibility index (Phi) is 5.42. The van der Waals surface area contributed by atoms with Gasteiger partial charge in [-0.05, 0) is 42.3 Å². The predicted molar refractivity (Wildman–Crippen MR) is 112 cm³/mol. The summed E-state index contributed by atoms with van der Waals surface area (Å²) >= 11 is 6.20. The van der Waals surface area contributed by atoms with Crippen molar-refractivity contribution >= 4 is 11.6 Å². The standard InChI is InChI=1S/C22H17ClN6O/c1-14-8-19(23)28-22(27-14)21(17-6-7-26-20(30)10-17)29-13-25-12-18(29)9-15-2-4-16(11-24)5-3-15/h2-8,10,12-13,21H,9H2,1H3,(H,26,30). The van der Waals surface area contributed by atoms with Gasteiger partial charge in [0.05, 0.1) is 18.0 Å². The van der Waals surface area contributed by atoms with Gasteiger partial charge in [-0.15, -0.1) is 0 Å². The number of nitriles is 1. The fourth-order valence-electron chi connectivity index (χ4n) is 3.35. The highest BCUT2D eigenvalue weighted by molar-refractivity contribution is 6.29. The molecule has 1 unspecified atom stereocenters. The van der Waals surface area contributed by atoms with Crippen LogP contribution in [0.25, 0.3) is 0 Å². The van der Waals surface area contributed by atoms with Crippen LogP contribution in [0.1, 0.15) is 39.9 Å². The quantitative estimate of drug-likeness (QED) is 0.502. The van der Waals surface area contributed by atoms with E-state index in [1.807, 2.05) is 29.7 Å². The molecule has 0 saturated heterocycles. The lowest BCUT2D eigenvalue weighted by atomic mass is 10.0. The van der Waals surface area contributed by atoms with E-state index >= 15 is 0 Å². The van der Waals surface area contributed by atoms with Crippen LogP contribution in [0.3, 0.4) is 0 Å². The van der Waals surface area contributed by atoms with E-state index in [-0.39, 0.29) is 5.56 Å². The molecule has 0 aliphatic carbocycles. The number of hydrogen-bond acceptors (Lipinski definition) is 5. The minimum atomic E-state index is -0.472. The van der Waals surface area contributed by atoms with E-state index in [0.29, 0.717) is 23.0 Å². The molecule has 0 radical (unpaired) electrons. The molecule has 0 saturated carbocycles. The van der Waals surface area contributed by atoms with Crippen molar-refractivity contribution in [1.82, 2.24) is 24.5 Å². The third-order valence-electron chi connectivity index (χ3n) is 4.69. The Morgan fingerprint density at radius 1 is 1.20 bits per heavy atom. The number of benzene rings is 1. The van der Waals surface area contributed by atoms with Crippen molar-refractivity contribution < 1.29 is 0 Å². The van der Waals surface area contributed by atoms with Crippen LogP contribution in [0.4, 0.5) is 0 Å². The summed E-state index contributed by atoms with van der Waals surface area (Å²) in [6.07, 6.45) is 5.66. The Bertz CT molecular complexity index is 1270. The van der Waals surface area contributed by atoms with Crippen molar-refractivity contribution in [3.05, 3.63) is 111 Å². The maximum atomic E-state index is 12.0. The summed E-state index contributed by atoms with van der Waals surface area (Å²) in [5.74, 6) is 0.477. The molecule has 4 rings (SSSR count). The van der Waals surface area contributed by atoms with Crippen LogP contribution < -0.4 is 5.56 Å². The van der Waals surface area contributed by atoms with Gasteiger partial charge in [0.2, 0.25) is 5.56 Å². The Morgan fingerprint density at radius 3 is 2.70 bits per heavy atom. The molecule has 30 heavy (non-hydrogen) atoms. The second-order valence-corrected chi connectivity index (χ2v) is 7.24. The van der Waals surface area contributed by atoms with Crippen LogP contribution in [0, 0.1) is 18.3 Å². The van der Waals surface area contributed by atoms with Gasteiger partial charge in [-0.25, -0.2) is 15.0 Å². The maximum absolute atomic E-state index is 12.0. The van der Waals surface area contributed by atoms with Crippen LogP contribution in [-0.2, 0) is 6.42 Å². The zero-order chi connectivity index (χ0) is 21.1.